The molecule has 0 saturated carbocycles. The Morgan fingerprint density at radius 1 is 1.11 bits per heavy atom. The van der Waals surface area contributed by atoms with Crippen molar-refractivity contribution in [2.45, 2.75) is 26.3 Å². The van der Waals surface area contributed by atoms with Crippen molar-refractivity contribution in [1.82, 2.24) is 0 Å². The van der Waals surface area contributed by atoms with E-state index in [-0.39, 0.29) is 5.54 Å². The van der Waals surface area contributed by atoms with Crippen LogP contribution >= 0.6 is 0 Å². The molecule has 9 heavy (non-hydrogen) atoms. The fourth-order valence-electron chi connectivity index (χ4n) is 0.774. The first-order valence-electron chi connectivity index (χ1n) is 3.19. The van der Waals surface area contributed by atoms with Gasteiger partial charge in [0.2, 0.25) is 0 Å². The van der Waals surface area contributed by atoms with E-state index in [2.05, 4.69) is 0 Å². The number of hydrogen-bond acceptors (Lipinski definition) is 1. The lowest BCUT2D eigenvalue weighted by Gasteiger charge is -2.13. The Morgan fingerprint density at radius 3 is 1.67 bits per heavy atom. The van der Waals surface area contributed by atoms with Crippen LogP contribution in [-0.4, -0.2) is 5.54 Å². The molecule has 0 aromatic rings. The van der Waals surface area contributed by atoms with Gasteiger partial charge in [-0.3, -0.25) is 0 Å². The fourth-order valence-corrected chi connectivity index (χ4v) is 0.774. The first-order chi connectivity index (χ1) is 4.12. The largest absolute Gasteiger partial charge is 0.319 e. The van der Waals surface area contributed by atoms with E-state index in [4.69, 9.17) is 5.73 Å². The van der Waals surface area contributed by atoms with Gasteiger partial charge in [-0.15, -0.1) is 0 Å². The summed E-state index contributed by atoms with van der Waals surface area (Å²) in [5.74, 6) is 0. The van der Waals surface area contributed by atoms with E-state index in [1.165, 1.54) is 0 Å². The molecule has 0 amide bonds. The molecule has 0 rings (SSSR count). The van der Waals surface area contributed by atoms with Crippen LogP contribution in [0.25, 0.3) is 0 Å². The lowest BCUT2D eigenvalue weighted by atomic mass is 10.0. The number of rotatable bonds is 2. The topological polar surface area (TPSA) is 26.0 Å². The van der Waals surface area contributed by atoms with Gasteiger partial charge in [-0.2, -0.15) is 0 Å². The molecule has 0 saturated heterocycles. The quantitative estimate of drug-likeness (QED) is 0.560. The van der Waals surface area contributed by atoms with Gasteiger partial charge in [0.05, 0.1) is 0 Å². The molecule has 52 valence electrons. The summed E-state index contributed by atoms with van der Waals surface area (Å²) < 4.78 is 0. The van der Waals surface area contributed by atoms with Gasteiger partial charge in [0.15, 0.2) is 0 Å². The monoisotopic (exact) mass is 125 g/mol. The molecule has 0 spiro atoms. The number of hydrogen-bond donors (Lipinski definition) is 1. The molecule has 0 unspecified atom stereocenters. The van der Waals surface area contributed by atoms with Gasteiger partial charge in [0.1, 0.15) is 0 Å². The Hall–Kier alpha value is -0.560. The second-order valence-corrected chi connectivity index (χ2v) is 2.37. The molecule has 0 aromatic heterocycles. The van der Waals surface area contributed by atoms with Crippen LogP contribution in [0.5, 0.6) is 0 Å². The first kappa shape index (κ1) is 8.44. The summed E-state index contributed by atoms with van der Waals surface area (Å²) in [7, 11) is 0. The van der Waals surface area contributed by atoms with E-state index >= 15 is 0 Å². The van der Waals surface area contributed by atoms with E-state index < -0.39 is 0 Å². The van der Waals surface area contributed by atoms with Crippen LogP contribution < -0.4 is 5.73 Å². The minimum absolute atomic E-state index is 0.260. The highest BCUT2D eigenvalue weighted by Gasteiger charge is 2.05. The maximum atomic E-state index is 5.76. The molecule has 0 atom stereocenters. The van der Waals surface area contributed by atoms with Crippen molar-refractivity contribution in [2.75, 3.05) is 0 Å². The lowest BCUT2D eigenvalue weighted by molar-refractivity contribution is 0.732. The Labute approximate surface area is 57.3 Å². The van der Waals surface area contributed by atoms with Crippen LogP contribution in [0, 0.1) is 0 Å². The van der Waals surface area contributed by atoms with Gasteiger partial charge >= 0.3 is 0 Å². The van der Waals surface area contributed by atoms with Gasteiger partial charge in [0.25, 0.3) is 0 Å². The summed E-state index contributed by atoms with van der Waals surface area (Å²) in [6, 6.07) is 0. The maximum Gasteiger partial charge on any atom is 0.0496 e. The molecule has 0 heterocycles. The van der Waals surface area contributed by atoms with Crippen LogP contribution in [0.4, 0.5) is 0 Å². The molecule has 0 fully saturated rings. The zero-order valence-electron chi connectivity index (χ0n) is 6.39. The average Bonchev–Trinajstić information content (AvgIpc) is 1.64. The predicted molar refractivity (Wildman–Crippen MR) is 42.2 cm³/mol. The third-order valence-electron chi connectivity index (χ3n) is 1.05. The van der Waals surface area contributed by atoms with E-state index in [9.17, 15) is 0 Å². The Bertz CT molecular complexity index is 107. The SMILES string of the molecule is C/C=C\C(C)(N)/C=C\C. The summed E-state index contributed by atoms with van der Waals surface area (Å²) in [4.78, 5) is 0. The summed E-state index contributed by atoms with van der Waals surface area (Å²) >= 11 is 0. The molecule has 0 aliphatic heterocycles. The highest BCUT2D eigenvalue weighted by molar-refractivity contribution is 5.13. The zero-order valence-corrected chi connectivity index (χ0v) is 6.39. The highest BCUT2D eigenvalue weighted by atomic mass is 14.7. The van der Waals surface area contributed by atoms with Crippen molar-refractivity contribution in [1.29, 1.82) is 0 Å². The molecule has 0 aliphatic carbocycles. The summed E-state index contributed by atoms with van der Waals surface area (Å²) in [5, 5.41) is 0. The van der Waals surface area contributed by atoms with Gasteiger partial charge in [0, 0.05) is 5.54 Å². The number of allylic oxidation sites excluding steroid dienone is 2. The first-order valence-corrected chi connectivity index (χ1v) is 3.19. The minimum atomic E-state index is -0.260. The Morgan fingerprint density at radius 2 is 1.44 bits per heavy atom. The van der Waals surface area contributed by atoms with Gasteiger partial charge < -0.3 is 5.73 Å². The summed E-state index contributed by atoms with van der Waals surface area (Å²) in [5.41, 5.74) is 5.50. The molecule has 0 aromatic carbocycles. The second kappa shape index (κ2) is 3.46. The maximum absolute atomic E-state index is 5.76. The van der Waals surface area contributed by atoms with Gasteiger partial charge in [-0.1, -0.05) is 24.3 Å². The lowest BCUT2D eigenvalue weighted by Crippen LogP contribution is -2.30. The normalized spacial score (nSPS) is 13.8. The van der Waals surface area contributed by atoms with Crippen molar-refractivity contribution >= 4 is 0 Å². The van der Waals surface area contributed by atoms with Crippen molar-refractivity contribution in [3.63, 3.8) is 0 Å². The third kappa shape index (κ3) is 3.98. The number of nitrogens with two attached hydrogens (primary N) is 1. The Kier molecular flexibility index (Phi) is 3.25. The molecule has 1 nitrogen and oxygen atoms in total. The molecule has 0 radical (unpaired) electrons. The van der Waals surface area contributed by atoms with Crippen molar-refractivity contribution in [2.24, 2.45) is 5.73 Å². The summed E-state index contributed by atoms with van der Waals surface area (Å²) in [6.07, 6.45) is 7.85. The van der Waals surface area contributed by atoms with Crippen molar-refractivity contribution in [3.05, 3.63) is 24.3 Å². The van der Waals surface area contributed by atoms with Crippen LogP contribution in [0.2, 0.25) is 0 Å². The van der Waals surface area contributed by atoms with E-state index in [1.54, 1.807) is 0 Å². The van der Waals surface area contributed by atoms with Crippen LogP contribution in [-0.2, 0) is 0 Å². The van der Waals surface area contributed by atoms with E-state index in [1.807, 2.05) is 45.1 Å². The zero-order chi connectivity index (χ0) is 7.33. The van der Waals surface area contributed by atoms with Crippen molar-refractivity contribution < 1.29 is 0 Å². The van der Waals surface area contributed by atoms with Crippen LogP contribution in [0.1, 0.15) is 20.8 Å². The molecule has 0 bridgehead atoms. The third-order valence-corrected chi connectivity index (χ3v) is 1.05. The van der Waals surface area contributed by atoms with Crippen LogP contribution in [0.3, 0.4) is 0 Å². The average molecular weight is 125 g/mol. The fraction of sp³-hybridized carbons (Fsp3) is 0.500. The van der Waals surface area contributed by atoms with Gasteiger partial charge in [-0.05, 0) is 20.8 Å². The molecule has 0 aliphatic rings. The minimum Gasteiger partial charge on any atom is -0.319 e. The second-order valence-electron chi connectivity index (χ2n) is 2.37. The predicted octanol–water partition coefficient (Wildman–Crippen LogP) is 1.86. The van der Waals surface area contributed by atoms with Crippen LogP contribution in [0.15, 0.2) is 24.3 Å². The van der Waals surface area contributed by atoms with Gasteiger partial charge in [-0.25, -0.2) is 0 Å². The molecule has 1 heteroatoms. The Balaban J connectivity index is 4.01. The smallest absolute Gasteiger partial charge is 0.0496 e. The molecular formula is C8H15N. The molecular weight excluding hydrogens is 110 g/mol. The van der Waals surface area contributed by atoms with E-state index in [0.29, 0.717) is 0 Å². The molecule has 2 N–H and O–H groups in total. The van der Waals surface area contributed by atoms with Crippen molar-refractivity contribution in [3.8, 4) is 0 Å². The highest BCUT2D eigenvalue weighted by Crippen LogP contribution is 2.02. The van der Waals surface area contributed by atoms with E-state index in [0.717, 1.165) is 0 Å². The standard InChI is InChI=1S/C8H15N/c1-4-6-8(3,9)7-5-2/h4-7H,9H2,1-3H3/b6-4-,7-5-. The summed E-state index contributed by atoms with van der Waals surface area (Å²) in [6.45, 7) is 5.90.